The number of likely N-dealkylation sites (tertiary alicyclic amines) is 1. The number of carbonyl (C=O) groups is 1. The van der Waals surface area contributed by atoms with Gasteiger partial charge in [0.1, 0.15) is 0 Å². The number of aromatic nitrogens is 4. The van der Waals surface area contributed by atoms with Crippen LogP contribution in [0.2, 0.25) is 0 Å². The Morgan fingerprint density at radius 3 is 2.43 bits per heavy atom. The van der Waals surface area contributed by atoms with Gasteiger partial charge in [-0.05, 0) is 38.3 Å². The van der Waals surface area contributed by atoms with Crippen molar-refractivity contribution in [2.45, 2.75) is 44.7 Å². The molecule has 30 heavy (non-hydrogen) atoms. The minimum atomic E-state index is -4.62. The minimum absolute atomic E-state index is 0.0167. The SMILES string of the molecule is Cc1ccc([C@@H](C)C(=O)N2CCC(c3ccnc4nc(C(F)(F)F)nn34)CC2)cc1. The number of amides is 1. The van der Waals surface area contributed by atoms with Crippen LogP contribution in [-0.4, -0.2) is 43.5 Å². The van der Waals surface area contributed by atoms with Crippen molar-refractivity contribution in [2.75, 3.05) is 13.1 Å². The molecule has 158 valence electrons. The molecule has 1 fully saturated rings. The van der Waals surface area contributed by atoms with Crippen LogP contribution in [0, 0.1) is 6.92 Å². The van der Waals surface area contributed by atoms with E-state index >= 15 is 0 Å². The predicted octanol–water partition coefficient (Wildman–Crippen LogP) is 3.96. The van der Waals surface area contributed by atoms with Gasteiger partial charge in [0.25, 0.3) is 11.6 Å². The third-order valence-electron chi connectivity index (χ3n) is 5.70. The molecule has 2 aromatic heterocycles. The number of halogens is 3. The Bertz CT molecular complexity index is 1050. The fraction of sp³-hybridized carbons (Fsp3) is 0.429. The molecule has 1 atom stereocenters. The van der Waals surface area contributed by atoms with Gasteiger partial charge in [0, 0.05) is 25.2 Å². The van der Waals surface area contributed by atoms with Crippen molar-refractivity contribution in [3.63, 3.8) is 0 Å². The largest absolute Gasteiger partial charge is 0.453 e. The molecule has 3 heterocycles. The van der Waals surface area contributed by atoms with E-state index in [1.165, 1.54) is 10.7 Å². The molecular formula is C21H22F3N5O. The summed E-state index contributed by atoms with van der Waals surface area (Å²) in [6, 6.07) is 9.61. The molecule has 6 nitrogen and oxygen atoms in total. The lowest BCUT2D eigenvalue weighted by atomic mass is 9.91. The van der Waals surface area contributed by atoms with Crippen LogP contribution in [0.25, 0.3) is 5.78 Å². The van der Waals surface area contributed by atoms with Crippen LogP contribution in [0.1, 0.15) is 54.2 Å². The Hall–Kier alpha value is -2.97. The van der Waals surface area contributed by atoms with Gasteiger partial charge in [0.2, 0.25) is 5.91 Å². The summed E-state index contributed by atoms with van der Waals surface area (Å²) in [5, 5.41) is 3.63. The molecular weight excluding hydrogens is 395 g/mol. The van der Waals surface area contributed by atoms with Crippen molar-refractivity contribution < 1.29 is 18.0 Å². The average molecular weight is 417 g/mol. The van der Waals surface area contributed by atoms with Crippen LogP contribution in [0.4, 0.5) is 13.2 Å². The maximum absolute atomic E-state index is 13.0. The minimum Gasteiger partial charge on any atom is -0.342 e. The average Bonchev–Trinajstić information content (AvgIpc) is 3.18. The highest BCUT2D eigenvalue weighted by Gasteiger charge is 2.37. The lowest BCUT2D eigenvalue weighted by Crippen LogP contribution is -2.40. The summed E-state index contributed by atoms with van der Waals surface area (Å²) in [6.45, 7) is 5.00. The summed E-state index contributed by atoms with van der Waals surface area (Å²) in [4.78, 5) is 22.1. The van der Waals surface area contributed by atoms with Gasteiger partial charge in [-0.3, -0.25) is 4.79 Å². The predicted molar refractivity (Wildman–Crippen MR) is 104 cm³/mol. The van der Waals surface area contributed by atoms with Gasteiger partial charge in [-0.1, -0.05) is 29.8 Å². The Labute approximate surface area is 171 Å². The van der Waals surface area contributed by atoms with E-state index in [0.717, 1.165) is 11.1 Å². The second-order valence-electron chi connectivity index (χ2n) is 7.75. The zero-order chi connectivity index (χ0) is 21.5. The summed E-state index contributed by atoms with van der Waals surface area (Å²) >= 11 is 0. The normalized spacial score (nSPS) is 16.8. The summed E-state index contributed by atoms with van der Waals surface area (Å²) in [5.41, 5.74) is 2.76. The second kappa shape index (κ2) is 7.70. The highest BCUT2D eigenvalue weighted by molar-refractivity contribution is 5.83. The quantitative estimate of drug-likeness (QED) is 0.647. The molecule has 1 saturated heterocycles. The van der Waals surface area contributed by atoms with E-state index < -0.39 is 12.0 Å². The van der Waals surface area contributed by atoms with E-state index in [1.54, 1.807) is 6.07 Å². The maximum Gasteiger partial charge on any atom is 0.453 e. The molecule has 0 aliphatic carbocycles. The van der Waals surface area contributed by atoms with Crippen LogP contribution < -0.4 is 0 Å². The molecule has 0 N–H and O–H groups in total. The molecule has 3 aromatic rings. The number of hydrogen-bond donors (Lipinski definition) is 0. The molecule has 1 aliphatic rings. The van der Waals surface area contributed by atoms with E-state index in [1.807, 2.05) is 43.0 Å². The Morgan fingerprint density at radius 2 is 1.80 bits per heavy atom. The van der Waals surface area contributed by atoms with Crippen LogP contribution in [0.5, 0.6) is 0 Å². The summed E-state index contributed by atoms with van der Waals surface area (Å²) < 4.78 is 40.1. The van der Waals surface area contributed by atoms with Crippen molar-refractivity contribution in [1.29, 1.82) is 0 Å². The van der Waals surface area contributed by atoms with Gasteiger partial charge in [0.15, 0.2) is 0 Å². The molecule has 1 aliphatic heterocycles. The molecule has 0 radical (unpaired) electrons. The lowest BCUT2D eigenvalue weighted by molar-refractivity contribution is -0.144. The van der Waals surface area contributed by atoms with E-state index in [0.29, 0.717) is 31.6 Å². The number of hydrogen-bond acceptors (Lipinski definition) is 4. The third kappa shape index (κ3) is 3.88. The zero-order valence-electron chi connectivity index (χ0n) is 16.7. The number of aryl methyl sites for hydroxylation is 1. The Kier molecular flexibility index (Phi) is 5.21. The number of fused-ring (bicyclic) bond motifs is 1. The molecule has 0 bridgehead atoms. The smallest absolute Gasteiger partial charge is 0.342 e. The van der Waals surface area contributed by atoms with Crippen LogP contribution in [0.15, 0.2) is 36.5 Å². The molecule has 1 aromatic carbocycles. The van der Waals surface area contributed by atoms with Gasteiger partial charge in [-0.15, -0.1) is 5.10 Å². The van der Waals surface area contributed by atoms with E-state index in [2.05, 4.69) is 15.1 Å². The van der Waals surface area contributed by atoms with Crippen LogP contribution >= 0.6 is 0 Å². The van der Waals surface area contributed by atoms with E-state index in [9.17, 15) is 18.0 Å². The van der Waals surface area contributed by atoms with Gasteiger partial charge in [-0.2, -0.15) is 18.2 Å². The van der Waals surface area contributed by atoms with Crippen molar-refractivity contribution >= 4 is 11.7 Å². The lowest BCUT2D eigenvalue weighted by Gasteiger charge is -2.33. The molecule has 0 saturated carbocycles. The number of nitrogens with zero attached hydrogens (tertiary/aromatic N) is 5. The number of carbonyl (C=O) groups excluding carboxylic acids is 1. The maximum atomic E-state index is 13.0. The van der Waals surface area contributed by atoms with Gasteiger partial charge >= 0.3 is 6.18 Å². The van der Waals surface area contributed by atoms with Crippen molar-refractivity contribution in [2.24, 2.45) is 0 Å². The molecule has 1 amide bonds. The van der Waals surface area contributed by atoms with Crippen LogP contribution in [-0.2, 0) is 11.0 Å². The highest BCUT2D eigenvalue weighted by Crippen LogP contribution is 2.31. The Morgan fingerprint density at radius 1 is 1.13 bits per heavy atom. The van der Waals surface area contributed by atoms with Gasteiger partial charge in [0.05, 0.1) is 11.6 Å². The van der Waals surface area contributed by atoms with E-state index in [-0.39, 0.29) is 23.5 Å². The monoisotopic (exact) mass is 417 g/mol. The zero-order valence-corrected chi connectivity index (χ0v) is 16.7. The van der Waals surface area contributed by atoms with Gasteiger partial charge < -0.3 is 4.90 Å². The first-order valence-corrected chi connectivity index (χ1v) is 9.88. The first-order chi connectivity index (χ1) is 14.2. The second-order valence-corrected chi connectivity index (χ2v) is 7.75. The first kappa shape index (κ1) is 20.3. The summed E-state index contributed by atoms with van der Waals surface area (Å²) in [6.07, 6.45) is -1.87. The fourth-order valence-corrected chi connectivity index (χ4v) is 3.91. The molecule has 9 heteroatoms. The fourth-order valence-electron chi connectivity index (χ4n) is 3.91. The van der Waals surface area contributed by atoms with E-state index in [4.69, 9.17) is 0 Å². The number of benzene rings is 1. The molecule has 0 spiro atoms. The van der Waals surface area contributed by atoms with Crippen molar-refractivity contribution in [3.8, 4) is 0 Å². The van der Waals surface area contributed by atoms with Gasteiger partial charge in [-0.25, -0.2) is 9.50 Å². The number of alkyl halides is 3. The van der Waals surface area contributed by atoms with Crippen molar-refractivity contribution in [3.05, 3.63) is 59.2 Å². The standard InChI is InChI=1S/C21H22F3N5O/c1-13-3-5-15(6-4-13)14(2)18(30)28-11-8-16(9-12-28)17-7-10-25-20-26-19(21(22,23)24)27-29(17)20/h3-7,10,14,16H,8-9,11-12H2,1-2H3/t14-/m1/s1. The summed E-state index contributed by atoms with van der Waals surface area (Å²) in [5.74, 6) is -1.44. The number of piperidine rings is 1. The van der Waals surface area contributed by atoms with Crippen LogP contribution in [0.3, 0.4) is 0 Å². The Balaban J connectivity index is 1.47. The first-order valence-electron chi connectivity index (χ1n) is 9.88. The highest BCUT2D eigenvalue weighted by atomic mass is 19.4. The van der Waals surface area contributed by atoms with Crippen molar-refractivity contribution in [1.82, 2.24) is 24.5 Å². The topological polar surface area (TPSA) is 63.4 Å². The number of rotatable bonds is 3. The summed E-state index contributed by atoms with van der Waals surface area (Å²) in [7, 11) is 0. The molecule has 4 rings (SSSR count). The molecule has 0 unspecified atom stereocenters. The third-order valence-corrected chi connectivity index (χ3v) is 5.70.